The molecule has 3 N–H and O–H groups in total. The predicted molar refractivity (Wildman–Crippen MR) is 70.5 cm³/mol. The SMILES string of the molecule is CC(N)C(C)C(=O)Nc1cc(F)c(I)c(F)c1. The maximum atomic E-state index is 13.2. The van der Waals surface area contributed by atoms with Crippen LogP contribution in [0.1, 0.15) is 13.8 Å². The Morgan fingerprint density at radius 2 is 1.82 bits per heavy atom. The van der Waals surface area contributed by atoms with E-state index in [9.17, 15) is 13.6 Å². The van der Waals surface area contributed by atoms with Gasteiger partial charge in [-0.25, -0.2) is 8.78 Å². The molecule has 0 aromatic heterocycles. The summed E-state index contributed by atoms with van der Waals surface area (Å²) in [5.74, 6) is -2.19. The fourth-order valence-electron chi connectivity index (χ4n) is 1.12. The fraction of sp³-hybridized carbons (Fsp3) is 0.364. The van der Waals surface area contributed by atoms with E-state index in [-0.39, 0.29) is 21.2 Å². The summed E-state index contributed by atoms with van der Waals surface area (Å²) in [6, 6.07) is 1.83. The zero-order valence-electron chi connectivity index (χ0n) is 9.43. The summed E-state index contributed by atoms with van der Waals surface area (Å²) in [6.07, 6.45) is 0. The molecule has 1 aromatic rings. The summed E-state index contributed by atoms with van der Waals surface area (Å²) in [6.45, 7) is 3.35. The lowest BCUT2D eigenvalue weighted by molar-refractivity contribution is -0.119. The van der Waals surface area contributed by atoms with Crippen LogP contribution in [-0.2, 0) is 4.79 Å². The van der Waals surface area contributed by atoms with Gasteiger partial charge in [-0.3, -0.25) is 4.79 Å². The molecule has 2 unspecified atom stereocenters. The van der Waals surface area contributed by atoms with Crippen molar-refractivity contribution in [3.8, 4) is 0 Å². The minimum Gasteiger partial charge on any atom is -0.327 e. The van der Waals surface area contributed by atoms with E-state index in [2.05, 4.69) is 5.32 Å². The Hall–Kier alpha value is -0.760. The molecule has 0 aliphatic carbocycles. The Bertz CT molecular complexity index is 414. The number of halogens is 3. The zero-order chi connectivity index (χ0) is 13.2. The molecular formula is C11H13F2IN2O. The molecule has 2 atom stereocenters. The van der Waals surface area contributed by atoms with Gasteiger partial charge in [-0.15, -0.1) is 0 Å². The van der Waals surface area contributed by atoms with Crippen molar-refractivity contribution in [2.75, 3.05) is 5.32 Å². The highest BCUT2D eigenvalue weighted by atomic mass is 127. The van der Waals surface area contributed by atoms with Gasteiger partial charge in [-0.2, -0.15) is 0 Å². The number of benzene rings is 1. The van der Waals surface area contributed by atoms with E-state index in [1.807, 2.05) is 0 Å². The van der Waals surface area contributed by atoms with E-state index in [0.29, 0.717) is 0 Å². The van der Waals surface area contributed by atoms with E-state index in [1.165, 1.54) is 0 Å². The Balaban J connectivity index is 2.86. The number of hydrogen-bond acceptors (Lipinski definition) is 2. The van der Waals surface area contributed by atoms with Gasteiger partial charge in [0.1, 0.15) is 11.6 Å². The summed E-state index contributed by atoms with van der Waals surface area (Å²) < 4.78 is 26.4. The van der Waals surface area contributed by atoms with Crippen LogP contribution in [0.3, 0.4) is 0 Å². The second-order valence-corrected chi connectivity index (χ2v) is 4.97. The standard InChI is InChI=1S/C11H13F2IN2O/c1-5(6(2)15)11(17)16-7-3-8(12)10(14)9(13)4-7/h3-6H,15H2,1-2H3,(H,16,17). The average Bonchev–Trinajstić information content (AvgIpc) is 2.24. The largest absolute Gasteiger partial charge is 0.327 e. The third-order valence-corrected chi connectivity index (χ3v) is 3.48. The first-order chi connectivity index (χ1) is 7.82. The van der Waals surface area contributed by atoms with Gasteiger partial charge in [0.15, 0.2) is 0 Å². The van der Waals surface area contributed by atoms with Crippen molar-refractivity contribution in [2.45, 2.75) is 19.9 Å². The quantitative estimate of drug-likeness (QED) is 0.647. The second kappa shape index (κ2) is 5.72. The molecule has 17 heavy (non-hydrogen) atoms. The van der Waals surface area contributed by atoms with Crippen molar-refractivity contribution in [3.05, 3.63) is 27.3 Å². The molecule has 0 bridgehead atoms. The van der Waals surface area contributed by atoms with E-state index in [0.717, 1.165) is 12.1 Å². The number of rotatable bonds is 3. The second-order valence-electron chi connectivity index (χ2n) is 3.89. The van der Waals surface area contributed by atoms with Crippen molar-refractivity contribution < 1.29 is 13.6 Å². The van der Waals surface area contributed by atoms with Crippen LogP contribution in [0.5, 0.6) is 0 Å². The highest BCUT2D eigenvalue weighted by molar-refractivity contribution is 14.1. The molecule has 94 valence electrons. The topological polar surface area (TPSA) is 55.1 Å². The van der Waals surface area contributed by atoms with E-state index >= 15 is 0 Å². The van der Waals surface area contributed by atoms with Crippen molar-refractivity contribution in [1.82, 2.24) is 0 Å². The van der Waals surface area contributed by atoms with E-state index in [1.54, 1.807) is 36.4 Å². The van der Waals surface area contributed by atoms with Crippen molar-refractivity contribution in [3.63, 3.8) is 0 Å². The highest BCUT2D eigenvalue weighted by Crippen LogP contribution is 2.21. The van der Waals surface area contributed by atoms with Crippen LogP contribution in [0.15, 0.2) is 12.1 Å². The predicted octanol–water partition coefficient (Wildman–Crippen LogP) is 2.49. The van der Waals surface area contributed by atoms with Gasteiger partial charge >= 0.3 is 0 Å². The van der Waals surface area contributed by atoms with Gasteiger partial charge in [-0.1, -0.05) is 6.92 Å². The normalized spacial score (nSPS) is 14.2. The van der Waals surface area contributed by atoms with E-state index < -0.39 is 17.6 Å². The molecule has 0 heterocycles. The number of hydrogen-bond donors (Lipinski definition) is 2. The molecule has 0 saturated carbocycles. The Morgan fingerprint density at radius 1 is 1.35 bits per heavy atom. The number of carbonyl (C=O) groups excluding carboxylic acids is 1. The monoisotopic (exact) mass is 354 g/mol. The molecule has 0 spiro atoms. The first-order valence-corrected chi connectivity index (χ1v) is 6.11. The van der Waals surface area contributed by atoms with Crippen LogP contribution in [0.25, 0.3) is 0 Å². The van der Waals surface area contributed by atoms with Gasteiger partial charge < -0.3 is 11.1 Å². The lowest BCUT2D eigenvalue weighted by Crippen LogP contribution is -2.34. The van der Waals surface area contributed by atoms with E-state index in [4.69, 9.17) is 5.73 Å². The summed E-state index contributed by atoms with van der Waals surface area (Å²) in [4.78, 5) is 11.6. The maximum absolute atomic E-state index is 13.2. The first kappa shape index (κ1) is 14.3. The fourth-order valence-corrected chi connectivity index (χ4v) is 1.43. The number of carbonyl (C=O) groups is 1. The van der Waals surface area contributed by atoms with Crippen molar-refractivity contribution >= 4 is 34.2 Å². The molecule has 0 saturated heterocycles. The van der Waals surface area contributed by atoms with Gasteiger partial charge in [-0.05, 0) is 41.6 Å². The van der Waals surface area contributed by atoms with Gasteiger partial charge in [0.05, 0.1) is 9.49 Å². The van der Waals surface area contributed by atoms with Crippen LogP contribution < -0.4 is 11.1 Å². The molecule has 1 amide bonds. The molecule has 6 heteroatoms. The summed E-state index contributed by atoms with van der Waals surface area (Å²) in [7, 11) is 0. The molecular weight excluding hydrogens is 341 g/mol. The smallest absolute Gasteiger partial charge is 0.228 e. The number of nitrogens with two attached hydrogens (primary N) is 1. The highest BCUT2D eigenvalue weighted by Gasteiger charge is 2.18. The van der Waals surface area contributed by atoms with Gasteiger partial charge in [0.2, 0.25) is 5.91 Å². The number of anilines is 1. The van der Waals surface area contributed by atoms with Crippen molar-refractivity contribution in [1.29, 1.82) is 0 Å². The van der Waals surface area contributed by atoms with Crippen LogP contribution in [-0.4, -0.2) is 11.9 Å². The average molecular weight is 354 g/mol. The number of amides is 1. The number of nitrogens with one attached hydrogen (secondary N) is 1. The van der Waals surface area contributed by atoms with Crippen LogP contribution in [0.2, 0.25) is 0 Å². The first-order valence-electron chi connectivity index (χ1n) is 5.04. The molecule has 3 nitrogen and oxygen atoms in total. The summed E-state index contributed by atoms with van der Waals surface area (Å²) in [5.41, 5.74) is 5.66. The zero-order valence-corrected chi connectivity index (χ0v) is 11.6. The van der Waals surface area contributed by atoms with Crippen molar-refractivity contribution in [2.24, 2.45) is 11.7 Å². The third kappa shape index (κ3) is 3.60. The van der Waals surface area contributed by atoms with Crippen LogP contribution in [0, 0.1) is 21.1 Å². The molecule has 0 fully saturated rings. The van der Waals surface area contributed by atoms with Gasteiger partial charge in [0.25, 0.3) is 0 Å². The maximum Gasteiger partial charge on any atom is 0.228 e. The molecule has 1 aromatic carbocycles. The third-order valence-electron chi connectivity index (χ3n) is 2.45. The summed E-state index contributed by atoms with van der Waals surface area (Å²) in [5, 5.41) is 2.43. The molecule has 1 rings (SSSR count). The Labute approximate surface area is 112 Å². The minimum absolute atomic E-state index is 0.0953. The Kier molecular flexibility index (Phi) is 4.81. The minimum atomic E-state index is -0.700. The Morgan fingerprint density at radius 3 is 2.24 bits per heavy atom. The lowest BCUT2D eigenvalue weighted by Gasteiger charge is -2.15. The van der Waals surface area contributed by atoms with Crippen LogP contribution >= 0.6 is 22.6 Å². The lowest BCUT2D eigenvalue weighted by atomic mass is 10.0. The van der Waals surface area contributed by atoms with Gasteiger partial charge in [0, 0.05) is 11.7 Å². The van der Waals surface area contributed by atoms with Crippen LogP contribution in [0.4, 0.5) is 14.5 Å². The summed E-state index contributed by atoms with van der Waals surface area (Å²) >= 11 is 1.56. The molecule has 0 radical (unpaired) electrons. The molecule has 0 aliphatic rings. The molecule has 0 aliphatic heterocycles.